The third-order valence-corrected chi connectivity index (χ3v) is 3.89. The van der Waals surface area contributed by atoms with Crippen molar-refractivity contribution in [3.05, 3.63) is 28.5 Å². The van der Waals surface area contributed by atoms with Gasteiger partial charge in [-0.15, -0.1) is 0 Å². The minimum absolute atomic E-state index is 0.173. The molecule has 4 heteroatoms. The predicted molar refractivity (Wildman–Crippen MR) is 73.0 cm³/mol. The first-order valence-electron chi connectivity index (χ1n) is 6.14. The summed E-state index contributed by atoms with van der Waals surface area (Å²) < 4.78 is 14.3. The lowest BCUT2D eigenvalue weighted by Gasteiger charge is -2.27. The fourth-order valence-electron chi connectivity index (χ4n) is 2.22. The van der Waals surface area contributed by atoms with E-state index in [1.807, 2.05) is 0 Å². The van der Waals surface area contributed by atoms with Crippen molar-refractivity contribution in [3.8, 4) is 0 Å². The first-order chi connectivity index (χ1) is 8.20. The van der Waals surface area contributed by atoms with Crippen LogP contribution in [0.15, 0.2) is 22.7 Å². The fraction of sp³-hybridized carbons (Fsp3) is 0.538. The summed E-state index contributed by atoms with van der Waals surface area (Å²) in [4.78, 5) is 2.27. The Kier molecular flexibility index (Phi) is 4.40. The highest BCUT2D eigenvalue weighted by molar-refractivity contribution is 9.10. The number of benzene rings is 1. The number of halogens is 2. The summed E-state index contributed by atoms with van der Waals surface area (Å²) >= 11 is 3.50. The molecule has 1 atom stereocenters. The highest BCUT2D eigenvalue weighted by atomic mass is 79.9. The van der Waals surface area contributed by atoms with Crippen molar-refractivity contribution in [2.75, 3.05) is 24.5 Å². The van der Waals surface area contributed by atoms with Crippen LogP contribution in [-0.2, 0) is 0 Å². The van der Waals surface area contributed by atoms with Crippen LogP contribution in [0.1, 0.15) is 19.8 Å². The third-order valence-electron chi connectivity index (χ3n) is 3.22. The smallest absolute Gasteiger partial charge is 0.125 e. The lowest BCUT2D eigenvalue weighted by molar-refractivity contribution is 0.528. The third kappa shape index (κ3) is 3.19. The van der Waals surface area contributed by atoms with Gasteiger partial charge in [-0.25, -0.2) is 4.39 Å². The standard InChI is InChI=1S/C13H18BrFN2/c1-2-11-9-17(7-3-6-16-11)13-8-10(15)4-5-12(13)14/h4-5,8,11,16H,2-3,6-7,9H2,1H3. The molecule has 1 unspecified atom stereocenters. The van der Waals surface area contributed by atoms with E-state index in [1.165, 1.54) is 6.07 Å². The molecular weight excluding hydrogens is 283 g/mol. The number of hydrogen-bond acceptors (Lipinski definition) is 2. The van der Waals surface area contributed by atoms with Crippen LogP contribution in [0.5, 0.6) is 0 Å². The predicted octanol–water partition coefficient (Wildman–Crippen LogP) is 3.17. The van der Waals surface area contributed by atoms with Gasteiger partial charge in [0.15, 0.2) is 0 Å². The molecule has 1 saturated heterocycles. The zero-order chi connectivity index (χ0) is 12.3. The number of anilines is 1. The summed E-state index contributed by atoms with van der Waals surface area (Å²) in [7, 11) is 0. The molecular formula is C13H18BrFN2. The maximum absolute atomic E-state index is 13.3. The van der Waals surface area contributed by atoms with Gasteiger partial charge in [0.05, 0.1) is 5.69 Å². The first-order valence-corrected chi connectivity index (χ1v) is 6.93. The van der Waals surface area contributed by atoms with Gasteiger partial charge in [0, 0.05) is 23.6 Å². The monoisotopic (exact) mass is 300 g/mol. The van der Waals surface area contributed by atoms with E-state index in [1.54, 1.807) is 12.1 Å². The van der Waals surface area contributed by atoms with Gasteiger partial charge in [-0.2, -0.15) is 0 Å². The van der Waals surface area contributed by atoms with Gasteiger partial charge < -0.3 is 10.2 Å². The summed E-state index contributed by atoms with van der Waals surface area (Å²) in [6, 6.07) is 5.38. The Morgan fingerprint density at radius 1 is 1.53 bits per heavy atom. The van der Waals surface area contributed by atoms with E-state index in [0.717, 1.165) is 42.6 Å². The maximum Gasteiger partial charge on any atom is 0.125 e. The molecule has 2 nitrogen and oxygen atoms in total. The van der Waals surface area contributed by atoms with Gasteiger partial charge in [0.1, 0.15) is 5.82 Å². The first kappa shape index (κ1) is 12.8. The Labute approximate surface area is 110 Å². The molecule has 0 aliphatic carbocycles. The van der Waals surface area contributed by atoms with E-state index < -0.39 is 0 Å². The average Bonchev–Trinajstić information content (AvgIpc) is 2.57. The van der Waals surface area contributed by atoms with Crippen molar-refractivity contribution in [1.82, 2.24) is 5.32 Å². The van der Waals surface area contributed by atoms with Crippen LogP contribution in [0.25, 0.3) is 0 Å². The Morgan fingerprint density at radius 3 is 3.12 bits per heavy atom. The average molecular weight is 301 g/mol. The molecule has 1 N–H and O–H groups in total. The molecule has 1 aromatic carbocycles. The van der Waals surface area contributed by atoms with Crippen LogP contribution < -0.4 is 10.2 Å². The summed E-state index contributed by atoms with van der Waals surface area (Å²) in [5, 5.41) is 3.51. The molecule has 1 aromatic rings. The van der Waals surface area contributed by atoms with Gasteiger partial charge >= 0.3 is 0 Å². The van der Waals surface area contributed by atoms with E-state index in [2.05, 4.69) is 33.1 Å². The van der Waals surface area contributed by atoms with Crippen molar-refractivity contribution in [3.63, 3.8) is 0 Å². The van der Waals surface area contributed by atoms with Gasteiger partial charge in [0.2, 0.25) is 0 Å². The van der Waals surface area contributed by atoms with Crippen LogP contribution in [-0.4, -0.2) is 25.7 Å². The van der Waals surface area contributed by atoms with Crippen LogP contribution >= 0.6 is 15.9 Å². The number of hydrogen-bond donors (Lipinski definition) is 1. The zero-order valence-corrected chi connectivity index (χ0v) is 11.6. The van der Waals surface area contributed by atoms with Crippen molar-refractivity contribution in [2.45, 2.75) is 25.8 Å². The normalized spacial score (nSPS) is 21.4. The largest absolute Gasteiger partial charge is 0.369 e. The molecule has 17 heavy (non-hydrogen) atoms. The molecule has 1 aliphatic heterocycles. The second-order valence-corrected chi connectivity index (χ2v) is 5.31. The van der Waals surface area contributed by atoms with Crippen molar-refractivity contribution >= 4 is 21.6 Å². The molecule has 0 amide bonds. The molecule has 1 fully saturated rings. The van der Waals surface area contributed by atoms with E-state index in [0.29, 0.717) is 6.04 Å². The zero-order valence-electron chi connectivity index (χ0n) is 10.0. The molecule has 94 valence electrons. The van der Waals surface area contributed by atoms with Crippen LogP contribution in [0, 0.1) is 5.82 Å². The van der Waals surface area contributed by atoms with Gasteiger partial charge in [-0.05, 0) is 53.5 Å². The van der Waals surface area contributed by atoms with Crippen LogP contribution in [0.4, 0.5) is 10.1 Å². The summed E-state index contributed by atoms with van der Waals surface area (Å²) in [6.07, 6.45) is 2.20. The Hall–Kier alpha value is -0.610. The van der Waals surface area contributed by atoms with Crippen molar-refractivity contribution in [2.24, 2.45) is 0 Å². The second-order valence-electron chi connectivity index (χ2n) is 4.45. The summed E-state index contributed by atoms with van der Waals surface area (Å²) in [6.45, 7) is 5.15. The lowest BCUT2D eigenvalue weighted by atomic mass is 10.2. The number of rotatable bonds is 2. The highest BCUT2D eigenvalue weighted by Crippen LogP contribution is 2.28. The molecule has 0 saturated carbocycles. The Balaban J connectivity index is 2.21. The van der Waals surface area contributed by atoms with Crippen molar-refractivity contribution < 1.29 is 4.39 Å². The van der Waals surface area contributed by atoms with Crippen molar-refractivity contribution in [1.29, 1.82) is 0 Å². The van der Waals surface area contributed by atoms with Gasteiger partial charge in [-0.1, -0.05) is 6.92 Å². The Morgan fingerprint density at radius 2 is 2.35 bits per heavy atom. The quantitative estimate of drug-likeness (QED) is 0.902. The molecule has 0 radical (unpaired) electrons. The Bertz CT molecular complexity index is 384. The van der Waals surface area contributed by atoms with Gasteiger partial charge in [0.25, 0.3) is 0 Å². The second kappa shape index (κ2) is 5.83. The molecule has 0 bridgehead atoms. The molecule has 1 heterocycles. The van der Waals surface area contributed by atoms with E-state index in [9.17, 15) is 4.39 Å². The van der Waals surface area contributed by atoms with E-state index in [4.69, 9.17) is 0 Å². The fourth-order valence-corrected chi connectivity index (χ4v) is 2.72. The van der Waals surface area contributed by atoms with E-state index in [-0.39, 0.29) is 5.82 Å². The highest BCUT2D eigenvalue weighted by Gasteiger charge is 2.18. The number of nitrogens with zero attached hydrogens (tertiary/aromatic N) is 1. The van der Waals surface area contributed by atoms with E-state index >= 15 is 0 Å². The minimum Gasteiger partial charge on any atom is -0.369 e. The summed E-state index contributed by atoms with van der Waals surface area (Å²) in [5.74, 6) is -0.173. The molecule has 0 spiro atoms. The number of nitrogens with one attached hydrogen (secondary N) is 1. The van der Waals surface area contributed by atoms with Crippen LogP contribution in [0.2, 0.25) is 0 Å². The lowest BCUT2D eigenvalue weighted by Crippen LogP contribution is -2.37. The topological polar surface area (TPSA) is 15.3 Å². The minimum atomic E-state index is -0.173. The molecule has 1 aliphatic rings. The molecule has 2 rings (SSSR count). The maximum atomic E-state index is 13.3. The van der Waals surface area contributed by atoms with Crippen LogP contribution in [0.3, 0.4) is 0 Å². The van der Waals surface area contributed by atoms with Gasteiger partial charge in [-0.3, -0.25) is 0 Å². The molecule has 0 aromatic heterocycles. The SMILES string of the molecule is CCC1CN(c2cc(F)ccc2Br)CCCN1. The summed E-state index contributed by atoms with van der Waals surface area (Å²) in [5.41, 5.74) is 0.965.